The lowest BCUT2D eigenvalue weighted by atomic mass is 9.82. The van der Waals surface area contributed by atoms with Gasteiger partial charge in [0.25, 0.3) is 0 Å². The molecular formula is C15H21Br2NO. The molecule has 2 nitrogen and oxygen atoms in total. The summed E-state index contributed by atoms with van der Waals surface area (Å²) in [6.45, 7) is 7.94. The smallest absolute Gasteiger partial charge is 0.143 e. The highest BCUT2D eigenvalue weighted by atomic mass is 79.9. The molecule has 1 fully saturated rings. The Morgan fingerprint density at radius 2 is 1.79 bits per heavy atom. The maximum absolute atomic E-state index is 9.74. The van der Waals surface area contributed by atoms with Crippen molar-refractivity contribution in [2.24, 2.45) is 5.41 Å². The van der Waals surface area contributed by atoms with Crippen LogP contribution in [0.25, 0.3) is 0 Å². The Morgan fingerprint density at radius 1 is 1.21 bits per heavy atom. The van der Waals surface area contributed by atoms with E-state index in [9.17, 15) is 5.11 Å². The van der Waals surface area contributed by atoms with E-state index in [0.717, 1.165) is 15.5 Å². The number of benzene rings is 1. The van der Waals surface area contributed by atoms with E-state index in [1.54, 1.807) is 0 Å². The Balaban J connectivity index is 2.07. The van der Waals surface area contributed by atoms with Crippen LogP contribution in [-0.2, 0) is 6.54 Å². The molecule has 19 heavy (non-hydrogen) atoms. The van der Waals surface area contributed by atoms with Gasteiger partial charge in [0.2, 0.25) is 0 Å². The van der Waals surface area contributed by atoms with Crippen LogP contribution in [0.15, 0.2) is 21.1 Å². The summed E-state index contributed by atoms with van der Waals surface area (Å²) >= 11 is 6.80. The molecule has 0 amide bonds. The first-order valence-corrected chi connectivity index (χ1v) is 8.47. The molecule has 0 spiro atoms. The van der Waals surface area contributed by atoms with Gasteiger partial charge in [-0.2, -0.15) is 0 Å². The van der Waals surface area contributed by atoms with Crippen molar-refractivity contribution >= 4 is 31.9 Å². The topological polar surface area (TPSA) is 23.5 Å². The van der Waals surface area contributed by atoms with E-state index in [2.05, 4.69) is 50.6 Å². The summed E-state index contributed by atoms with van der Waals surface area (Å²) < 4.78 is 1.52. The Kier molecular flexibility index (Phi) is 4.96. The summed E-state index contributed by atoms with van der Waals surface area (Å²) in [4.78, 5) is 2.53. The summed E-state index contributed by atoms with van der Waals surface area (Å²) in [7, 11) is 0. The standard InChI is InChI=1S/C15H21Br2NO/c1-3-15(4-2)5-6-18(10-15)9-11-7-12(16)14(19)13(17)8-11/h7-8,19H,3-6,9-10H2,1-2H3. The van der Waals surface area contributed by atoms with Crippen LogP contribution in [0.1, 0.15) is 38.7 Å². The van der Waals surface area contributed by atoms with Crippen molar-refractivity contribution in [1.82, 2.24) is 4.90 Å². The summed E-state index contributed by atoms with van der Waals surface area (Å²) in [6, 6.07) is 4.02. The van der Waals surface area contributed by atoms with Crippen molar-refractivity contribution in [1.29, 1.82) is 0 Å². The van der Waals surface area contributed by atoms with Crippen LogP contribution < -0.4 is 0 Å². The molecule has 0 atom stereocenters. The third kappa shape index (κ3) is 3.34. The monoisotopic (exact) mass is 389 g/mol. The number of aromatic hydroxyl groups is 1. The lowest BCUT2D eigenvalue weighted by molar-refractivity contribution is 0.236. The van der Waals surface area contributed by atoms with E-state index in [-0.39, 0.29) is 5.75 Å². The average molecular weight is 391 g/mol. The zero-order valence-electron chi connectivity index (χ0n) is 11.5. The van der Waals surface area contributed by atoms with Crippen LogP contribution in [0.4, 0.5) is 0 Å². The van der Waals surface area contributed by atoms with Crippen molar-refractivity contribution in [3.05, 3.63) is 26.6 Å². The minimum Gasteiger partial charge on any atom is -0.506 e. The molecule has 0 bridgehead atoms. The van der Waals surface area contributed by atoms with Gasteiger partial charge in [0, 0.05) is 13.1 Å². The molecule has 1 saturated heterocycles. The Labute approximate surface area is 132 Å². The van der Waals surface area contributed by atoms with Gasteiger partial charge in [-0.15, -0.1) is 0 Å². The molecule has 1 heterocycles. The van der Waals surface area contributed by atoms with Gasteiger partial charge in [-0.3, -0.25) is 4.90 Å². The molecule has 0 aliphatic carbocycles. The van der Waals surface area contributed by atoms with E-state index in [1.807, 2.05) is 12.1 Å². The maximum atomic E-state index is 9.74. The average Bonchev–Trinajstić information content (AvgIpc) is 2.80. The number of nitrogens with zero attached hydrogens (tertiary/aromatic N) is 1. The molecule has 1 aliphatic rings. The van der Waals surface area contributed by atoms with Crippen molar-refractivity contribution in [3.63, 3.8) is 0 Å². The predicted octanol–water partition coefficient (Wildman–Crippen LogP) is 4.93. The van der Waals surface area contributed by atoms with Crippen LogP contribution in [-0.4, -0.2) is 23.1 Å². The summed E-state index contributed by atoms with van der Waals surface area (Å²) in [5.41, 5.74) is 1.75. The summed E-state index contributed by atoms with van der Waals surface area (Å²) in [5.74, 6) is 0.279. The van der Waals surface area contributed by atoms with Gasteiger partial charge in [-0.1, -0.05) is 13.8 Å². The molecule has 1 aromatic carbocycles. The highest BCUT2D eigenvalue weighted by molar-refractivity contribution is 9.11. The van der Waals surface area contributed by atoms with E-state index >= 15 is 0 Å². The van der Waals surface area contributed by atoms with E-state index < -0.39 is 0 Å². The summed E-state index contributed by atoms with van der Waals surface area (Å²) in [5, 5.41) is 9.74. The van der Waals surface area contributed by atoms with Crippen LogP contribution in [0, 0.1) is 5.41 Å². The Morgan fingerprint density at radius 3 is 2.26 bits per heavy atom. The minimum absolute atomic E-state index is 0.279. The molecule has 1 aromatic rings. The molecule has 1 aliphatic heterocycles. The summed E-state index contributed by atoms with van der Waals surface area (Å²) in [6.07, 6.45) is 3.84. The number of phenols is 1. The second-order valence-corrected chi connectivity index (χ2v) is 7.28. The molecule has 0 aromatic heterocycles. The largest absolute Gasteiger partial charge is 0.506 e. The molecular weight excluding hydrogens is 370 g/mol. The lowest BCUT2D eigenvalue weighted by Gasteiger charge is -2.26. The van der Waals surface area contributed by atoms with Crippen molar-refractivity contribution in [2.75, 3.05) is 13.1 Å². The van der Waals surface area contributed by atoms with Gasteiger partial charge < -0.3 is 5.11 Å². The number of phenolic OH excluding ortho intramolecular Hbond substituents is 1. The van der Waals surface area contributed by atoms with Crippen LogP contribution in [0.2, 0.25) is 0 Å². The number of hydrogen-bond donors (Lipinski definition) is 1. The van der Waals surface area contributed by atoms with E-state index in [1.165, 1.54) is 37.9 Å². The van der Waals surface area contributed by atoms with Gasteiger partial charge in [0.15, 0.2) is 0 Å². The fraction of sp³-hybridized carbons (Fsp3) is 0.600. The molecule has 0 saturated carbocycles. The second-order valence-electron chi connectivity index (χ2n) is 5.58. The zero-order chi connectivity index (χ0) is 14.0. The number of likely N-dealkylation sites (tertiary alicyclic amines) is 1. The van der Waals surface area contributed by atoms with Crippen LogP contribution in [0.5, 0.6) is 5.75 Å². The third-order valence-electron chi connectivity index (χ3n) is 4.50. The fourth-order valence-corrected chi connectivity index (χ4v) is 4.24. The van der Waals surface area contributed by atoms with Gasteiger partial charge in [0.1, 0.15) is 5.75 Å². The highest BCUT2D eigenvalue weighted by Gasteiger charge is 2.34. The third-order valence-corrected chi connectivity index (χ3v) is 5.71. The molecule has 4 heteroatoms. The fourth-order valence-electron chi connectivity index (χ4n) is 2.96. The van der Waals surface area contributed by atoms with E-state index in [4.69, 9.17) is 0 Å². The molecule has 0 radical (unpaired) electrons. The first kappa shape index (κ1) is 15.3. The Bertz CT molecular complexity index is 434. The molecule has 106 valence electrons. The molecule has 0 unspecified atom stereocenters. The highest BCUT2D eigenvalue weighted by Crippen LogP contribution is 2.38. The number of hydrogen-bond acceptors (Lipinski definition) is 2. The number of rotatable bonds is 4. The van der Waals surface area contributed by atoms with Crippen molar-refractivity contribution < 1.29 is 5.11 Å². The first-order valence-electron chi connectivity index (χ1n) is 6.89. The van der Waals surface area contributed by atoms with Gasteiger partial charge in [-0.05, 0) is 80.8 Å². The zero-order valence-corrected chi connectivity index (χ0v) is 14.7. The first-order chi connectivity index (χ1) is 8.99. The van der Waals surface area contributed by atoms with Crippen molar-refractivity contribution in [3.8, 4) is 5.75 Å². The van der Waals surface area contributed by atoms with Crippen LogP contribution >= 0.6 is 31.9 Å². The van der Waals surface area contributed by atoms with Crippen LogP contribution in [0.3, 0.4) is 0 Å². The Hall–Kier alpha value is -0.0600. The number of halogens is 2. The molecule has 1 N–H and O–H groups in total. The second kappa shape index (κ2) is 6.15. The van der Waals surface area contributed by atoms with Gasteiger partial charge >= 0.3 is 0 Å². The van der Waals surface area contributed by atoms with Gasteiger partial charge in [0.05, 0.1) is 8.95 Å². The SMILES string of the molecule is CCC1(CC)CCN(Cc2cc(Br)c(O)c(Br)c2)C1. The van der Waals surface area contributed by atoms with Crippen molar-refractivity contribution in [2.45, 2.75) is 39.7 Å². The van der Waals surface area contributed by atoms with E-state index in [0.29, 0.717) is 5.41 Å². The predicted molar refractivity (Wildman–Crippen MR) is 86.4 cm³/mol. The maximum Gasteiger partial charge on any atom is 0.143 e. The quantitative estimate of drug-likeness (QED) is 0.787. The molecule has 2 rings (SSSR count). The normalized spacial score (nSPS) is 18.9. The van der Waals surface area contributed by atoms with Gasteiger partial charge in [-0.25, -0.2) is 0 Å². The minimum atomic E-state index is 0.279. The lowest BCUT2D eigenvalue weighted by Crippen LogP contribution is -2.26.